The SMILES string of the molecule is CCCC(OCC)C(N)CCc1ccc(OC)cc1. The predicted octanol–water partition coefficient (Wildman–Crippen LogP) is 3.16. The van der Waals surface area contributed by atoms with E-state index in [-0.39, 0.29) is 12.1 Å². The highest BCUT2D eigenvalue weighted by atomic mass is 16.5. The quantitative estimate of drug-likeness (QED) is 0.746. The molecule has 0 radical (unpaired) electrons. The number of methoxy groups -OCH3 is 1. The summed E-state index contributed by atoms with van der Waals surface area (Å²) < 4.78 is 10.9. The van der Waals surface area contributed by atoms with Gasteiger partial charge in [0, 0.05) is 12.6 Å². The van der Waals surface area contributed by atoms with Crippen LogP contribution >= 0.6 is 0 Å². The molecule has 0 aliphatic rings. The summed E-state index contributed by atoms with van der Waals surface area (Å²) in [4.78, 5) is 0. The first-order chi connectivity index (χ1) is 9.21. The van der Waals surface area contributed by atoms with E-state index in [1.54, 1.807) is 7.11 Å². The van der Waals surface area contributed by atoms with E-state index >= 15 is 0 Å². The molecule has 0 saturated heterocycles. The molecule has 2 atom stereocenters. The molecular formula is C16H27NO2. The molecule has 0 spiro atoms. The Hall–Kier alpha value is -1.06. The van der Waals surface area contributed by atoms with Gasteiger partial charge in [0.2, 0.25) is 0 Å². The van der Waals surface area contributed by atoms with Crippen molar-refractivity contribution in [3.05, 3.63) is 29.8 Å². The summed E-state index contributed by atoms with van der Waals surface area (Å²) in [7, 11) is 1.68. The zero-order valence-corrected chi connectivity index (χ0v) is 12.4. The maximum Gasteiger partial charge on any atom is 0.118 e. The summed E-state index contributed by atoms with van der Waals surface area (Å²) in [6, 6.07) is 8.30. The zero-order chi connectivity index (χ0) is 14.1. The number of rotatable bonds is 9. The van der Waals surface area contributed by atoms with Gasteiger partial charge in [-0.2, -0.15) is 0 Å². The fourth-order valence-electron chi connectivity index (χ4n) is 2.23. The highest BCUT2D eigenvalue weighted by molar-refractivity contribution is 5.27. The van der Waals surface area contributed by atoms with Gasteiger partial charge in [-0.15, -0.1) is 0 Å². The molecule has 3 nitrogen and oxygen atoms in total. The Morgan fingerprint density at radius 3 is 2.32 bits per heavy atom. The topological polar surface area (TPSA) is 44.5 Å². The molecule has 0 amide bonds. The van der Waals surface area contributed by atoms with E-state index in [0.717, 1.165) is 38.0 Å². The molecule has 0 aliphatic carbocycles. The summed E-state index contributed by atoms with van der Waals surface area (Å²) in [6.45, 7) is 4.93. The Balaban J connectivity index is 2.44. The molecule has 1 aromatic carbocycles. The van der Waals surface area contributed by atoms with Crippen molar-refractivity contribution >= 4 is 0 Å². The number of ether oxygens (including phenoxy) is 2. The third kappa shape index (κ3) is 5.62. The molecule has 0 aromatic heterocycles. The summed E-state index contributed by atoms with van der Waals surface area (Å²) in [5, 5.41) is 0. The Morgan fingerprint density at radius 1 is 1.11 bits per heavy atom. The zero-order valence-electron chi connectivity index (χ0n) is 12.4. The van der Waals surface area contributed by atoms with Gasteiger partial charge in [-0.25, -0.2) is 0 Å². The first-order valence-electron chi connectivity index (χ1n) is 7.21. The molecule has 0 fully saturated rings. The fourth-order valence-corrected chi connectivity index (χ4v) is 2.23. The van der Waals surface area contributed by atoms with Crippen molar-refractivity contribution in [2.75, 3.05) is 13.7 Å². The second kappa shape index (κ2) is 8.94. The van der Waals surface area contributed by atoms with Crippen molar-refractivity contribution in [2.24, 2.45) is 5.73 Å². The van der Waals surface area contributed by atoms with E-state index in [4.69, 9.17) is 15.2 Å². The third-order valence-electron chi connectivity index (χ3n) is 3.36. The van der Waals surface area contributed by atoms with Crippen LogP contribution in [-0.4, -0.2) is 25.9 Å². The van der Waals surface area contributed by atoms with Crippen LogP contribution in [0.2, 0.25) is 0 Å². The van der Waals surface area contributed by atoms with Crippen LogP contribution in [0.15, 0.2) is 24.3 Å². The smallest absolute Gasteiger partial charge is 0.118 e. The van der Waals surface area contributed by atoms with Gasteiger partial charge in [0.1, 0.15) is 5.75 Å². The molecule has 0 saturated carbocycles. The van der Waals surface area contributed by atoms with Crippen LogP contribution in [-0.2, 0) is 11.2 Å². The monoisotopic (exact) mass is 265 g/mol. The second-order valence-corrected chi connectivity index (χ2v) is 4.83. The lowest BCUT2D eigenvalue weighted by Crippen LogP contribution is -2.37. The number of benzene rings is 1. The van der Waals surface area contributed by atoms with Gasteiger partial charge in [0.05, 0.1) is 13.2 Å². The van der Waals surface area contributed by atoms with Crippen molar-refractivity contribution in [3.8, 4) is 5.75 Å². The molecule has 108 valence electrons. The molecule has 19 heavy (non-hydrogen) atoms. The van der Waals surface area contributed by atoms with Crippen molar-refractivity contribution in [1.82, 2.24) is 0 Å². The molecule has 2 unspecified atom stereocenters. The van der Waals surface area contributed by atoms with Crippen LogP contribution in [0, 0.1) is 0 Å². The highest BCUT2D eigenvalue weighted by Gasteiger charge is 2.16. The van der Waals surface area contributed by atoms with Crippen molar-refractivity contribution in [3.63, 3.8) is 0 Å². The van der Waals surface area contributed by atoms with E-state index in [1.165, 1.54) is 5.56 Å². The molecule has 0 aliphatic heterocycles. The van der Waals surface area contributed by atoms with Gasteiger partial charge in [-0.05, 0) is 43.9 Å². The normalized spacial score (nSPS) is 14.1. The van der Waals surface area contributed by atoms with E-state index in [9.17, 15) is 0 Å². The van der Waals surface area contributed by atoms with E-state index < -0.39 is 0 Å². The molecule has 2 N–H and O–H groups in total. The maximum atomic E-state index is 6.24. The minimum absolute atomic E-state index is 0.113. The lowest BCUT2D eigenvalue weighted by molar-refractivity contribution is 0.0359. The highest BCUT2D eigenvalue weighted by Crippen LogP contribution is 2.15. The number of aryl methyl sites for hydroxylation is 1. The van der Waals surface area contributed by atoms with Gasteiger partial charge in [0.25, 0.3) is 0 Å². The van der Waals surface area contributed by atoms with Crippen LogP contribution < -0.4 is 10.5 Å². The Morgan fingerprint density at radius 2 is 1.79 bits per heavy atom. The van der Waals surface area contributed by atoms with Crippen LogP contribution in [0.1, 0.15) is 38.7 Å². The molecule has 0 heterocycles. The molecular weight excluding hydrogens is 238 g/mol. The summed E-state index contributed by atoms with van der Waals surface area (Å²) in [5.41, 5.74) is 7.54. The lowest BCUT2D eigenvalue weighted by Gasteiger charge is -2.23. The van der Waals surface area contributed by atoms with Gasteiger partial charge < -0.3 is 15.2 Å². The van der Waals surface area contributed by atoms with Crippen LogP contribution in [0.3, 0.4) is 0 Å². The first-order valence-corrected chi connectivity index (χ1v) is 7.21. The summed E-state index contributed by atoms with van der Waals surface area (Å²) in [5.74, 6) is 0.895. The average Bonchev–Trinajstić information content (AvgIpc) is 2.45. The molecule has 3 heteroatoms. The van der Waals surface area contributed by atoms with Gasteiger partial charge in [-0.3, -0.25) is 0 Å². The fraction of sp³-hybridized carbons (Fsp3) is 0.625. The maximum absolute atomic E-state index is 6.24. The Bertz CT molecular complexity index is 331. The number of hydrogen-bond donors (Lipinski definition) is 1. The first kappa shape index (κ1) is 16.0. The summed E-state index contributed by atoms with van der Waals surface area (Å²) in [6.07, 6.45) is 4.28. The van der Waals surface area contributed by atoms with Crippen molar-refractivity contribution < 1.29 is 9.47 Å². The van der Waals surface area contributed by atoms with E-state index in [2.05, 4.69) is 19.1 Å². The average molecular weight is 265 g/mol. The van der Waals surface area contributed by atoms with Crippen molar-refractivity contribution in [2.45, 2.75) is 51.7 Å². The van der Waals surface area contributed by atoms with Crippen LogP contribution in [0.25, 0.3) is 0 Å². The molecule has 1 aromatic rings. The Labute approximate surface area is 117 Å². The van der Waals surface area contributed by atoms with Crippen LogP contribution in [0.4, 0.5) is 0 Å². The third-order valence-corrected chi connectivity index (χ3v) is 3.36. The van der Waals surface area contributed by atoms with E-state index in [0.29, 0.717) is 0 Å². The minimum atomic E-state index is 0.113. The molecule has 0 bridgehead atoms. The van der Waals surface area contributed by atoms with Crippen molar-refractivity contribution in [1.29, 1.82) is 0 Å². The summed E-state index contributed by atoms with van der Waals surface area (Å²) >= 11 is 0. The van der Waals surface area contributed by atoms with E-state index in [1.807, 2.05) is 19.1 Å². The molecule has 1 rings (SSSR count). The largest absolute Gasteiger partial charge is 0.497 e. The minimum Gasteiger partial charge on any atom is -0.497 e. The Kier molecular flexibility index (Phi) is 7.53. The number of nitrogens with two attached hydrogens (primary N) is 1. The van der Waals surface area contributed by atoms with Gasteiger partial charge in [-0.1, -0.05) is 25.5 Å². The predicted molar refractivity (Wildman–Crippen MR) is 79.6 cm³/mol. The van der Waals surface area contributed by atoms with Crippen LogP contribution in [0.5, 0.6) is 5.75 Å². The van der Waals surface area contributed by atoms with Gasteiger partial charge >= 0.3 is 0 Å². The standard InChI is InChI=1S/C16H27NO2/c1-4-6-16(19-5-2)15(17)12-9-13-7-10-14(18-3)11-8-13/h7-8,10-11,15-16H,4-6,9,12,17H2,1-3H3. The second-order valence-electron chi connectivity index (χ2n) is 4.83. The number of hydrogen-bond acceptors (Lipinski definition) is 3. The lowest BCUT2D eigenvalue weighted by atomic mass is 9.99. The van der Waals surface area contributed by atoms with Gasteiger partial charge in [0.15, 0.2) is 0 Å².